The van der Waals surface area contributed by atoms with Crippen molar-refractivity contribution in [2.45, 2.75) is 150 Å². The Bertz CT molecular complexity index is 2000. The maximum atomic E-state index is 12.7. The van der Waals surface area contributed by atoms with Gasteiger partial charge in [0.1, 0.15) is 0 Å². The van der Waals surface area contributed by atoms with Gasteiger partial charge in [-0.05, 0) is 105 Å². The molecule has 0 saturated carbocycles. The molecule has 2 atom stereocenters. The summed E-state index contributed by atoms with van der Waals surface area (Å²) in [6.07, 6.45) is 14.3. The second-order valence-corrected chi connectivity index (χ2v) is 15.3. The van der Waals surface area contributed by atoms with Crippen molar-refractivity contribution in [3.63, 3.8) is 0 Å². The van der Waals surface area contributed by atoms with Gasteiger partial charge in [0.15, 0.2) is 0 Å². The summed E-state index contributed by atoms with van der Waals surface area (Å²) in [6, 6.07) is 6.23. The fourth-order valence-electron chi connectivity index (χ4n) is 8.27. The summed E-state index contributed by atoms with van der Waals surface area (Å²) < 4.78 is 0. The van der Waals surface area contributed by atoms with E-state index in [0.29, 0.717) is 23.0 Å². The minimum atomic E-state index is -1.02. The number of hydrogen-bond acceptors (Lipinski definition) is 5. The molecule has 286 valence electrons. The van der Waals surface area contributed by atoms with Gasteiger partial charge in [-0.15, -0.1) is 0 Å². The number of carboxylic acid groups (broad SMARTS) is 2. The monoisotopic (exact) mass is 723 g/mol. The highest BCUT2D eigenvalue weighted by Gasteiger charge is 2.32. The SMILES string of the molecule is CCCCCCCCCCCCNCc1c(C)c2cc3nc(c(C)c4[nH]c(cc5nc(cc1[nH]2)C(C)=C5CC)c(C)c4C(=O)O)[C@@H](CCC(=O)O)[C@@H]3C. The molecule has 0 amide bonds. The van der Waals surface area contributed by atoms with E-state index in [1.807, 2.05) is 19.9 Å². The zero-order chi connectivity index (χ0) is 38.2. The third-order valence-corrected chi connectivity index (χ3v) is 11.7. The average Bonchev–Trinajstić information content (AvgIpc) is 3.80. The van der Waals surface area contributed by atoms with Gasteiger partial charge >= 0.3 is 11.9 Å². The highest BCUT2D eigenvalue weighted by atomic mass is 16.4. The van der Waals surface area contributed by atoms with E-state index >= 15 is 0 Å². The molecule has 0 unspecified atom stereocenters. The first-order valence-corrected chi connectivity index (χ1v) is 20.1. The number of unbranched alkanes of at least 4 members (excludes halogenated alkanes) is 9. The van der Waals surface area contributed by atoms with Gasteiger partial charge in [0, 0.05) is 52.7 Å². The summed E-state index contributed by atoms with van der Waals surface area (Å²) in [6.45, 7) is 16.2. The Morgan fingerprint density at radius 3 is 2.06 bits per heavy atom. The van der Waals surface area contributed by atoms with Crippen molar-refractivity contribution in [1.29, 1.82) is 0 Å². The number of fused-ring (bicyclic) bond motifs is 8. The average molecular weight is 724 g/mol. The normalized spacial score (nSPS) is 15.8. The van der Waals surface area contributed by atoms with Crippen molar-refractivity contribution in [2.75, 3.05) is 6.54 Å². The maximum absolute atomic E-state index is 12.7. The van der Waals surface area contributed by atoms with Crippen molar-refractivity contribution in [3.05, 3.63) is 68.8 Å². The van der Waals surface area contributed by atoms with Crippen LogP contribution in [0, 0.1) is 20.8 Å². The molecule has 0 aromatic carbocycles. The molecule has 5 rings (SSSR count). The molecule has 53 heavy (non-hydrogen) atoms. The summed E-state index contributed by atoms with van der Waals surface area (Å²) in [7, 11) is 0. The Morgan fingerprint density at radius 1 is 0.774 bits per heavy atom. The van der Waals surface area contributed by atoms with Gasteiger partial charge in [-0.25, -0.2) is 9.78 Å². The number of carboxylic acids is 2. The molecule has 0 fully saturated rings. The Kier molecular flexibility index (Phi) is 13.7. The summed E-state index contributed by atoms with van der Waals surface area (Å²) >= 11 is 0. The maximum Gasteiger partial charge on any atom is 0.338 e. The molecule has 2 aliphatic rings. The van der Waals surface area contributed by atoms with E-state index in [0.717, 1.165) is 82.0 Å². The van der Waals surface area contributed by atoms with Crippen LogP contribution in [0.25, 0.3) is 33.2 Å². The molecule has 2 aliphatic heterocycles. The van der Waals surface area contributed by atoms with E-state index in [2.05, 4.69) is 62.0 Å². The quantitative estimate of drug-likeness (QED) is 0.0822. The first kappa shape index (κ1) is 40.0. The van der Waals surface area contributed by atoms with Crippen LogP contribution in [-0.4, -0.2) is 48.6 Å². The highest BCUT2D eigenvalue weighted by Crippen LogP contribution is 2.42. The van der Waals surface area contributed by atoms with E-state index in [9.17, 15) is 19.8 Å². The lowest BCUT2D eigenvalue weighted by Crippen LogP contribution is -2.15. The number of nitrogens with zero attached hydrogens (tertiary/aromatic N) is 2. The van der Waals surface area contributed by atoms with Crippen LogP contribution in [0.5, 0.6) is 0 Å². The predicted molar refractivity (Wildman–Crippen MR) is 217 cm³/mol. The van der Waals surface area contributed by atoms with E-state index < -0.39 is 11.9 Å². The largest absolute Gasteiger partial charge is 0.481 e. The van der Waals surface area contributed by atoms with E-state index in [1.165, 1.54) is 63.4 Å². The number of H-pyrrole nitrogens is 2. The van der Waals surface area contributed by atoms with Gasteiger partial charge in [0.25, 0.3) is 0 Å². The minimum Gasteiger partial charge on any atom is -0.481 e. The highest BCUT2D eigenvalue weighted by molar-refractivity contribution is 6.02. The van der Waals surface area contributed by atoms with Crippen molar-refractivity contribution in [1.82, 2.24) is 25.3 Å². The lowest BCUT2D eigenvalue weighted by atomic mass is 9.86. The number of hydrogen-bond donors (Lipinski definition) is 5. The molecule has 0 spiro atoms. The molecule has 0 aliphatic carbocycles. The fourth-order valence-corrected chi connectivity index (χ4v) is 8.27. The van der Waals surface area contributed by atoms with Crippen LogP contribution >= 0.6 is 0 Å². The molecule has 0 radical (unpaired) electrons. The number of rotatable bonds is 18. The van der Waals surface area contributed by atoms with Crippen LogP contribution in [0.1, 0.15) is 178 Å². The Labute approximate surface area is 315 Å². The molecule has 9 nitrogen and oxygen atoms in total. The Hall–Kier alpha value is -4.24. The second kappa shape index (κ2) is 18.2. The summed E-state index contributed by atoms with van der Waals surface area (Å²) in [5, 5.41) is 23.8. The third kappa shape index (κ3) is 9.11. The van der Waals surface area contributed by atoms with Gasteiger partial charge in [-0.2, -0.15) is 0 Å². The smallest absolute Gasteiger partial charge is 0.338 e. The number of carbonyl (C=O) groups is 2. The third-order valence-electron chi connectivity index (χ3n) is 11.7. The summed E-state index contributed by atoms with van der Waals surface area (Å²) in [4.78, 5) is 41.9. The van der Waals surface area contributed by atoms with E-state index in [4.69, 9.17) is 9.97 Å². The van der Waals surface area contributed by atoms with Crippen LogP contribution in [0.4, 0.5) is 0 Å². The molecule has 3 aromatic heterocycles. The van der Waals surface area contributed by atoms with Gasteiger partial charge < -0.3 is 25.5 Å². The number of allylic oxidation sites excluding steroid dienone is 2. The van der Waals surface area contributed by atoms with Crippen LogP contribution in [0.3, 0.4) is 0 Å². The first-order chi connectivity index (χ1) is 25.5. The number of aromatic carboxylic acids is 1. The molecule has 3 aromatic rings. The Morgan fingerprint density at radius 2 is 1.42 bits per heavy atom. The van der Waals surface area contributed by atoms with Crippen LogP contribution in [0.2, 0.25) is 0 Å². The zero-order valence-electron chi connectivity index (χ0n) is 33.1. The van der Waals surface area contributed by atoms with Gasteiger partial charge in [-0.3, -0.25) is 9.78 Å². The minimum absolute atomic E-state index is 0.00255. The molecule has 9 heteroatoms. The number of aromatic amines is 2. The van der Waals surface area contributed by atoms with E-state index in [-0.39, 0.29) is 23.8 Å². The van der Waals surface area contributed by atoms with Crippen LogP contribution in [-0.2, 0) is 11.3 Å². The first-order valence-electron chi connectivity index (χ1n) is 20.1. The van der Waals surface area contributed by atoms with E-state index in [1.54, 1.807) is 0 Å². The molecule has 0 saturated heterocycles. The fraction of sp³-hybridized carbons (Fsp3) is 0.545. The van der Waals surface area contributed by atoms with Crippen molar-refractivity contribution >= 4 is 45.2 Å². The standard InChI is InChI=1S/C44H61N5O4/c1-8-10-11-12-13-14-15-16-17-18-21-45-25-33-28(5)34-22-36-27(4)32(19-20-40(50)51)42(48-36)30(7)43-41(44(52)53)29(6)37(49-43)24-38-31(9-2)26(3)35(46-38)23-39(33)47-34/h22-24,27,32,45,47,49H,8-21,25H2,1-7H3,(H,50,51)(H,52,53)/t27-,32-/m0/s1. The molecule has 8 bridgehead atoms. The number of aryl methyl sites for hydroxylation is 3. The van der Waals surface area contributed by atoms with Crippen LogP contribution < -0.4 is 5.32 Å². The predicted octanol–water partition coefficient (Wildman–Crippen LogP) is 11.0. The lowest BCUT2D eigenvalue weighted by molar-refractivity contribution is -0.137. The number of aromatic nitrogens is 4. The van der Waals surface area contributed by atoms with Crippen molar-refractivity contribution < 1.29 is 19.8 Å². The molecule has 5 heterocycles. The zero-order valence-corrected chi connectivity index (χ0v) is 33.1. The summed E-state index contributed by atoms with van der Waals surface area (Å²) in [5.41, 5.74) is 12.6. The van der Waals surface area contributed by atoms with Crippen molar-refractivity contribution in [3.8, 4) is 0 Å². The van der Waals surface area contributed by atoms with Gasteiger partial charge in [-0.1, -0.05) is 78.6 Å². The molecular formula is C44H61N5O4. The lowest BCUT2D eigenvalue weighted by Gasteiger charge is -2.16. The summed E-state index contributed by atoms with van der Waals surface area (Å²) in [5.74, 6) is -2.12. The van der Waals surface area contributed by atoms with Gasteiger partial charge in [0.2, 0.25) is 0 Å². The molecule has 5 N–H and O–H groups in total. The molecular weight excluding hydrogens is 663 g/mol. The number of nitrogens with one attached hydrogen (secondary N) is 3. The van der Waals surface area contributed by atoms with Crippen molar-refractivity contribution in [2.24, 2.45) is 0 Å². The van der Waals surface area contributed by atoms with Crippen LogP contribution in [0.15, 0.2) is 18.2 Å². The number of aliphatic carboxylic acids is 1. The second-order valence-electron chi connectivity index (χ2n) is 15.3. The topological polar surface area (TPSA) is 144 Å². The Balaban J connectivity index is 1.58. The van der Waals surface area contributed by atoms with Gasteiger partial charge in [0.05, 0.1) is 22.5 Å².